The highest BCUT2D eigenvalue weighted by Crippen LogP contribution is 2.25. The Kier molecular flexibility index (Phi) is 7.61. The molecular formula is C15H25BrN2O. The van der Waals surface area contributed by atoms with Crippen molar-refractivity contribution in [2.45, 2.75) is 38.8 Å². The zero-order chi connectivity index (χ0) is 14.3. The molecule has 19 heavy (non-hydrogen) atoms. The summed E-state index contributed by atoms with van der Waals surface area (Å²) in [6.45, 7) is 5.79. The van der Waals surface area contributed by atoms with E-state index in [1.54, 1.807) is 0 Å². The summed E-state index contributed by atoms with van der Waals surface area (Å²) in [5.41, 5.74) is 7.20. The third-order valence-electron chi connectivity index (χ3n) is 3.65. The van der Waals surface area contributed by atoms with Crippen LogP contribution in [0.4, 0.5) is 0 Å². The van der Waals surface area contributed by atoms with E-state index in [-0.39, 0.29) is 12.6 Å². The number of aliphatic hydroxyl groups is 1. The van der Waals surface area contributed by atoms with Crippen LogP contribution in [0.25, 0.3) is 0 Å². The van der Waals surface area contributed by atoms with Gasteiger partial charge in [0.05, 0.1) is 6.61 Å². The van der Waals surface area contributed by atoms with Crippen molar-refractivity contribution >= 4 is 15.9 Å². The van der Waals surface area contributed by atoms with E-state index in [0.29, 0.717) is 19.1 Å². The lowest BCUT2D eigenvalue weighted by molar-refractivity contribution is 0.0995. The van der Waals surface area contributed by atoms with Gasteiger partial charge in [0.25, 0.3) is 0 Å². The molecule has 0 spiro atoms. The lowest BCUT2D eigenvalue weighted by Gasteiger charge is -2.37. The van der Waals surface area contributed by atoms with Crippen LogP contribution >= 0.6 is 15.9 Å². The van der Waals surface area contributed by atoms with Gasteiger partial charge >= 0.3 is 0 Å². The highest BCUT2D eigenvalue weighted by Gasteiger charge is 2.24. The van der Waals surface area contributed by atoms with Gasteiger partial charge in [-0.25, -0.2) is 0 Å². The molecular weight excluding hydrogens is 304 g/mol. The first-order valence-corrected chi connectivity index (χ1v) is 7.79. The molecule has 1 aromatic carbocycles. The fourth-order valence-electron chi connectivity index (χ4n) is 2.61. The van der Waals surface area contributed by atoms with Gasteiger partial charge in [0.2, 0.25) is 0 Å². The first kappa shape index (κ1) is 16.6. The SMILES string of the molecule is CCC(CC)N(CCO)C(CN)c1ccc(Br)cc1. The molecule has 0 fully saturated rings. The van der Waals surface area contributed by atoms with E-state index in [1.807, 2.05) is 12.1 Å². The maximum absolute atomic E-state index is 9.32. The Hall–Kier alpha value is -0.420. The first-order valence-electron chi connectivity index (χ1n) is 7.00. The minimum absolute atomic E-state index is 0.170. The number of halogens is 1. The van der Waals surface area contributed by atoms with Gasteiger partial charge in [0.1, 0.15) is 0 Å². The molecule has 0 aliphatic rings. The zero-order valence-corrected chi connectivity index (χ0v) is 13.4. The monoisotopic (exact) mass is 328 g/mol. The van der Waals surface area contributed by atoms with E-state index in [9.17, 15) is 5.11 Å². The average Bonchev–Trinajstić information content (AvgIpc) is 2.43. The molecule has 0 aliphatic carbocycles. The third-order valence-corrected chi connectivity index (χ3v) is 4.18. The Bertz CT molecular complexity index is 352. The number of rotatable bonds is 8. The van der Waals surface area contributed by atoms with Crippen LogP contribution in [0.1, 0.15) is 38.3 Å². The second-order valence-corrected chi connectivity index (χ2v) is 5.65. The van der Waals surface area contributed by atoms with Crippen molar-refractivity contribution in [2.24, 2.45) is 5.73 Å². The van der Waals surface area contributed by atoms with Crippen molar-refractivity contribution in [3.8, 4) is 0 Å². The van der Waals surface area contributed by atoms with Crippen LogP contribution in [-0.2, 0) is 0 Å². The van der Waals surface area contributed by atoms with Crippen molar-refractivity contribution in [3.05, 3.63) is 34.3 Å². The minimum atomic E-state index is 0.170. The summed E-state index contributed by atoms with van der Waals surface area (Å²) in [6.07, 6.45) is 2.15. The molecule has 108 valence electrons. The Morgan fingerprint density at radius 1 is 1.21 bits per heavy atom. The molecule has 3 N–H and O–H groups in total. The van der Waals surface area contributed by atoms with Crippen molar-refractivity contribution in [3.63, 3.8) is 0 Å². The van der Waals surface area contributed by atoms with Gasteiger partial charge in [-0.2, -0.15) is 0 Å². The van der Waals surface area contributed by atoms with Crippen LogP contribution in [0.2, 0.25) is 0 Å². The average molecular weight is 329 g/mol. The molecule has 0 aliphatic heterocycles. The molecule has 4 heteroatoms. The van der Waals surface area contributed by atoms with Crippen LogP contribution in [0.5, 0.6) is 0 Å². The Morgan fingerprint density at radius 2 is 1.79 bits per heavy atom. The van der Waals surface area contributed by atoms with Crippen LogP contribution in [0.3, 0.4) is 0 Å². The van der Waals surface area contributed by atoms with Gasteiger partial charge in [-0.1, -0.05) is 41.9 Å². The maximum atomic E-state index is 9.32. The predicted molar refractivity (Wildman–Crippen MR) is 84.1 cm³/mol. The summed E-state index contributed by atoms with van der Waals surface area (Å²) in [5, 5.41) is 9.32. The van der Waals surface area contributed by atoms with Crippen LogP contribution in [0.15, 0.2) is 28.7 Å². The van der Waals surface area contributed by atoms with Crippen molar-refractivity contribution in [1.29, 1.82) is 0 Å². The van der Waals surface area contributed by atoms with E-state index >= 15 is 0 Å². The molecule has 1 atom stereocenters. The van der Waals surface area contributed by atoms with Gasteiger partial charge in [-0.15, -0.1) is 0 Å². The number of nitrogens with two attached hydrogens (primary N) is 1. The predicted octanol–water partition coefficient (Wildman–Crippen LogP) is 2.93. The Balaban J connectivity index is 2.98. The third kappa shape index (κ3) is 4.56. The molecule has 0 amide bonds. The van der Waals surface area contributed by atoms with Gasteiger partial charge < -0.3 is 10.8 Å². The minimum Gasteiger partial charge on any atom is -0.395 e. The number of aliphatic hydroxyl groups excluding tert-OH is 1. The zero-order valence-electron chi connectivity index (χ0n) is 11.8. The number of nitrogens with zero attached hydrogens (tertiary/aromatic N) is 1. The molecule has 0 saturated carbocycles. The largest absolute Gasteiger partial charge is 0.395 e. The summed E-state index contributed by atoms with van der Waals surface area (Å²) in [5.74, 6) is 0. The quantitative estimate of drug-likeness (QED) is 0.771. The molecule has 0 heterocycles. The van der Waals surface area contributed by atoms with Crippen LogP contribution < -0.4 is 5.73 Å². The highest BCUT2D eigenvalue weighted by atomic mass is 79.9. The van der Waals surface area contributed by atoms with Gasteiger partial charge in [-0.3, -0.25) is 4.90 Å². The molecule has 3 nitrogen and oxygen atoms in total. The topological polar surface area (TPSA) is 49.5 Å². The van der Waals surface area contributed by atoms with Crippen LogP contribution in [0, 0.1) is 0 Å². The number of hydrogen-bond donors (Lipinski definition) is 2. The second-order valence-electron chi connectivity index (χ2n) is 4.73. The lowest BCUT2D eigenvalue weighted by Crippen LogP contribution is -2.42. The summed E-state index contributed by atoms with van der Waals surface area (Å²) < 4.78 is 1.07. The normalized spacial score (nSPS) is 13.2. The Morgan fingerprint density at radius 3 is 2.21 bits per heavy atom. The Labute approximate surface area is 124 Å². The fraction of sp³-hybridized carbons (Fsp3) is 0.600. The standard InChI is InChI=1S/C15H25BrN2O/c1-3-14(4-2)18(9-10-19)15(11-17)12-5-7-13(16)8-6-12/h5-8,14-15,19H,3-4,9-11,17H2,1-2H3. The summed E-state index contributed by atoms with van der Waals surface area (Å²) >= 11 is 3.46. The molecule has 0 aromatic heterocycles. The summed E-state index contributed by atoms with van der Waals surface area (Å²) in [6, 6.07) is 8.93. The molecule has 1 unspecified atom stereocenters. The van der Waals surface area contributed by atoms with Gasteiger partial charge in [0, 0.05) is 29.6 Å². The number of benzene rings is 1. The molecule has 0 radical (unpaired) electrons. The van der Waals surface area contributed by atoms with Crippen molar-refractivity contribution in [1.82, 2.24) is 4.90 Å². The molecule has 0 bridgehead atoms. The van der Waals surface area contributed by atoms with Crippen molar-refractivity contribution in [2.75, 3.05) is 19.7 Å². The molecule has 1 aromatic rings. The molecule has 1 rings (SSSR count). The summed E-state index contributed by atoms with van der Waals surface area (Å²) in [4.78, 5) is 2.34. The van der Waals surface area contributed by atoms with E-state index in [0.717, 1.165) is 17.3 Å². The smallest absolute Gasteiger partial charge is 0.0558 e. The fourth-order valence-corrected chi connectivity index (χ4v) is 2.88. The lowest BCUT2D eigenvalue weighted by atomic mass is 10.0. The van der Waals surface area contributed by atoms with E-state index < -0.39 is 0 Å². The second kappa shape index (κ2) is 8.69. The maximum Gasteiger partial charge on any atom is 0.0558 e. The van der Waals surface area contributed by atoms with Gasteiger partial charge in [-0.05, 0) is 30.5 Å². The first-order chi connectivity index (χ1) is 9.17. The van der Waals surface area contributed by atoms with Gasteiger partial charge in [0.15, 0.2) is 0 Å². The van der Waals surface area contributed by atoms with E-state index in [1.165, 1.54) is 5.56 Å². The van der Waals surface area contributed by atoms with E-state index in [2.05, 4.69) is 46.8 Å². The van der Waals surface area contributed by atoms with Crippen molar-refractivity contribution < 1.29 is 5.11 Å². The highest BCUT2D eigenvalue weighted by molar-refractivity contribution is 9.10. The summed E-state index contributed by atoms with van der Waals surface area (Å²) in [7, 11) is 0. The van der Waals surface area contributed by atoms with Crippen LogP contribution in [-0.4, -0.2) is 35.7 Å². The van der Waals surface area contributed by atoms with E-state index in [4.69, 9.17) is 5.73 Å². The number of hydrogen-bond acceptors (Lipinski definition) is 3. The molecule has 0 saturated heterocycles.